The number of nitrogens with one attached hydrogen (secondary N) is 2. The van der Waals surface area contributed by atoms with Crippen LogP contribution in [0.3, 0.4) is 0 Å². The van der Waals surface area contributed by atoms with Crippen LogP contribution in [-0.2, 0) is 19.3 Å². The fourth-order valence-corrected chi connectivity index (χ4v) is 3.10. The van der Waals surface area contributed by atoms with Crippen molar-refractivity contribution in [1.82, 2.24) is 10.6 Å². The summed E-state index contributed by atoms with van der Waals surface area (Å²) in [6.45, 7) is 0.527. The van der Waals surface area contributed by atoms with Crippen LogP contribution in [0.2, 0.25) is 0 Å². The Kier molecular flexibility index (Phi) is 4.89. The van der Waals surface area contributed by atoms with Crippen molar-refractivity contribution in [3.8, 4) is 11.5 Å². The van der Waals surface area contributed by atoms with Crippen molar-refractivity contribution in [2.45, 2.75) is 25.3 Å². The maximum Gasteiger partial charge on any atom is 0.315 e. The highest BCUT2D eigenvalue weighted by atomic mass is 16.5. The molecule has 0 aliphatic heterocycles. The number of fused-ring (bicyclic) bond motifs is 1. The SMILES string of the molecule is COc1cc(CCNC(=O)NC2Cc3ccccc3C2)ccc1O. The summed E-state index contributed by atoms with van der Waals surface area (Å²) < 4.78 is 5.08. The average molecular weight is 326 g/mol. The Morgan fingerprint density at radius 2 is 1.92 bits per heavy atom. The molecule has 24 heavy (non-hydrogen) atoms. The predicted molar refractivity (Wildman–Crippen MR) is 92.5 cm³/mol. The van der Waals surface area contributed by atoms with E-state index in [0.717, 1.165) is 18.4 Å². The van der Waals surface area contributed by atoms with Crippen molar-refractivity contribution in [3.05, 3.63) is 59.2 Å². The molecule has 3 N–H and O–H groups in total. The number of methoxy groups -OCH3 is 1. The molecule has 0 fully saturated rings. The highest BCUT2D eigenvalue weighted by molar-refractivity contribution is 5.74. The normalized spacial score (nSPS) is 13.4. The van der Waals surface area contributed by atoms with Crippen LogP contribution in [-0.4, -0.2) is 30.8 Å². The first kappa shape index (κ1) is 16.2. The van der Waals surface area contributed by atoms with Gasteiger partial charge in [0.15, 0.2) is 11.5 Å². The van der Waals surface area contributed by atoms with Gasteiger partial charge in [-0.2, -0.15) is 0 Å². The quantitative estimate of drug-likeness (QED) is 0.790. The van der Waals surface area contributed by atoms with Crippen molar-refractivity contribution in [2.24, 2.45) is 0 Å². The van der Waals surface area contributed by atoms with Gasteiger partial charge in [0.1, 0.15) is 0 Å². The fourth-order valence-electron chi connectivity index (χ4n) is 3.10. The zero-order valence-electron chi connectivity index (χ0n) is 13.7. The first-order chi connectivity index (χ1) is 11.7. The minimum atomic E-state index is -0.140. The van der Waals surface area contributed by atoms with Gasteiger partial charge in [0.25, 0.3) is 0 Å². The number of phenolic OH excluding ortho intramolecular Hbond substituents is 1. The van der Waals surface area contributed by atoms with E-state index in [-0.39, 0.29) is 17.8 Å². The minimum absolute atomic E-state index is 0.118. The number of phenols is 1. The molecular weight excluding hydrogens is 304 g/mol. The van der Waals surface area contributed by atoms with Crippen molar-refractivity contribution in [3.63, 3.8) is 0 Å². The molecule has 2 aromatic rings. The molecule has 0 aromatic heterocycles. The zero-order valence-corrected chi connectivity index (χ0v) is 13.7. The van der Waals surface area contributed by atoms with Crippen molar-refractivity contribution in [2.75, 3.05) is 13.7 Å². The first-order valence-corrected chi connectivity index (χ1v) is 8.12. The third-order valence-corrected chi connectivity index (χ3v) is 4.33. The topological polar surface area (TPSA) is 70.6 Å². The summed E-state index contributed by atoms with van der Waals surface area (Å²) >= 11 is 0. The van der Waals surface area contributed by atoms with E-state index in [1.165, 1.54) is 18.2 Å². The van der Waals surface area contributed by atoms with E-state index in [9.17, 15) is 9.90 Å². The van der Waals surface area contributed by atoms with Gasteiger partial charge in [-0.15, -0.1) is 0 Å². The van der Waals surface area contributed by atoms with Gasteiger partial charge in [-0.25, -0.2) is 4.79 Å². The second-order valence-corrected chi connectivity index (χ2v) is 6.03. The van der Waals surface area contributed by atoms with Gasteiger partial charge < -0.3 is 20.5 Å². The molecular formula is C19H22N2O3. The van der Waals surface area contributed by atoms with Crippen LogP contribution < -0.4 is 15.4 Å². The van der Waals surface area contributed by atoms with Crippen LogP contribution in [0.15, 0.2) is 42.5 Å². The third kappa shape index (κ3) is 3.79. The van der Waals surface area contributed by atoms with Crippen molar-refractivity contribution >= 4 is 6.03 Å². The summed E-state index contributed by atoms with van der Waals surface area (Å²) in [5.74, 6) is 0.563. The lowest BCUT2D eigenvalue weighted by atomic mass is 10.1. The standard InChI is InChI=1S/C19H22N2O3/c1-24-18-10-13(6-7-17(18)22)8-9-20-19(23)21-16-11-14-4-2-3-5-15(14)12-16/h2-7,10,16,22H,8-9,11-12H2,1H3,(H2,20,21,23). The molecule has 0 atom stereocenters. The van der Waals surface area contributed by atoms with Gasteiger partial charge >= 0.3 is 6.03 Å². The second-order valence-electron chi connectivity index (χ2n) is 6.03. The summed E-state index contributed by atoms with van der Waals surface area (Å²) in [6.07, 6.45) is 2.45. The van der Waals surface area contributed by atoms with Crippen LogP contribution in [0.1, 0.15) is 16.7 Å². The number of hydrogen-bond donors (Lipinski definition) is 3. The number of hydrogen-bond acceptors (Lipinski definition) is 3. The van der Waals surface area contributed by atoms with E-state index in [1.54, 1.807) is 12.1 Å². The van der Waals surface area contributed by atoms with Crippen LogP contribution >= 0.6 is 0 Å². The number of carbonyl (C=O) groups is 1. The van der Waals surface area contributed by atoms with Gasteiger partial charge in [-0.3, -0.25) is 0 Å². The lowest BCUT2D eigenvalue weighted by molar-refractivity contribution is 0.237. The van der Waals surface area contributed by atoms with Crippen molar-refractivity contribution in [1.29, 1.82) is 0 Å². The molecule has 0 unspecified atom stereocenters. The van der Waals surface area contributed by atoms with E-state index in [0.29, 0.717) is 18.7 Å². The maximum absolute atomic E-state index is 12.0. The van der Waals surface area contributed by atoms with Gasteiger partial charge in [0.05, 0.1) is 7.11 Å². The Morgan fingerprint density at radius 1 is 1.21 bits per heavy atom. The summed E-state index contributed by atoms with van der Waals surface area (Å²) in [5.41, 5.74) is 3.64. The van der Waals surface area contributed by atoms with E-state index in [2.05, 4.69) is 22.8 Å². The number of rotatable bonds is 5. The Hall–Kier alpha value is -2.69. The molecule has 3 rings (SSSR count). The minimum Gasteiger partial charge on any atom is -0.504 e. The van der Waals surface area contributed by atoms with Gasteiger partial charge in [0.2, 0.25) is 0 Å². The average Bonchev–Trinajstić information content (AvgIpc) is 2.98. The number of benzene rings is 2. The summed E-state index contributed by atoms with van der Waals surface area (Å²) in [7, 11) is 1.52. The Bertz CT molecular complexity index is 705. The molecule has 0 radical (unpaired) electrons. The summed E-state index contributed by atoms with van der Waals surface area (Å²) in [4.78, 5) is 12.0. The highest BCUT2D eigenvalue weighted by Gasteiger charge is 2.22. The number of carbonyl (C=O) groups excluding carboxylic acids is 1. The summed E-state index contributed by atoms with van der Waals surface area (Å²) in [5, 5.41) is 15.5. The molecule has 0 heterocycles. The molecule has 0 bridgehead atoms. The van der Waals surface area contributed by atoms with E-state index in [1.807, 2.05) is 18.2 Å². The largest absolute Gasteiger partial charge is 0.504 e. The predicted octanol–water partition coefficient (Wildman–Crippen LogP) is 2.41. The highest BCUT2D eigenvalue weighted by Crippen LogP contribution is 2.26. The van der Waals surface area contributed by atoms with Crippen LogP contribution in [0.25, 0.3) is 0 Å². The van der Waals surface area contributed by atoms with Crippen LogP contribution in [0.5, 0.6) is 11.5 Å². The van der Waals surface area contributed by atoms with E-state index < -0.39 is 0 Å². The second kappa shape index (κ2) is 7.25. The molecule has 1 aliphatic carbocycles. The third-order valence-electron chi connectivity index (χ3n) is 4.33. The number of urea groups is 1. The number of ether oxygens (including phenoxy) is 1. The fraction of sp³-hybridized carbons (Fsp3) is 0.316. The monoisotopic (exact) mass is 326 g/mol. The first-order valence-electron chi connectivity index (χ1n) is 8.12. The van der Waals surface area contributed by atoms with Crippen molar-refractivity contribution < 1.29 is 14.6 Å². The van der Waals surface area contributed by atoms with Gasteiger partial charge in [0, 0.05) is 12.6 Å². The molecule has 2 aromatic carbocycles. The van der Waals surface area contributed by atoms with E-state index in [4.69, 9.17) is 4.74 Å². The summed E-state index contributed by atoms with van der Waals surface area (Å²) in [6, 6.07) is 13.5. The molecule has 0 spiro atoms. The molecule has 5 nitrogen and oxygen atoms in total. The Balaban J connectivity index is 1.44. The molecule has 2 amide bonds. The smallest absolute Gasteiger partial charge is 0.315 e. The van der Waals surface area contributed by atoms with Gasteiger partial charge in [-0.05, 0) is 48.1 Å². The number of aromatic hydroxyl groups is 1. The Labute approximate surface area is 141 Å². The van der Waals surface area contributed by atoms with E-state index >= 15 is 0 Å². The molecule has 0 saturated heterocycles. The Morgan fingerprint density at radius 3 is 2.58 bits per heavy atom. The van der Waals surface area contributed by atoms with Crippen LogP contribution in [0, 0.1) is 0 Å². The lowest BCUT2D eigenvalue weighted by Gasteiger charge is -2.13. The zero-order chi connectivity index (χ0) is 16.9. The molecule has 0 saturated carbocycles. The molecule has 1 aliphatic rings. The number of amides is 2. The maximum atomic E-state index is 12.0. The lowest BCUT2D eigenvalue weighted by Crippen LogP contribution is -2.43. The molecule has 126 valence electrons. The van der Waals surface area contributed by atoms with Gasteiger partial charge in [-0.1, -0.05) is 30.3 Å². The molecule has 5 heteroatoms. The van der Waals surface area contributed by atoms with Crippen LogP contribution in [0.4, 0.5) is 4.79 Å².